The van der Waals surface area contributed by atoms with Crippen LogP contribution in [0.15, 0.2) is 36.8 Å². The average molecular weight is 296 g/mol. The minimum absolute atomic E-state index is 0.157. The molecule has 1 aliphatic heterocycles. The molecular formula is C17H20N4O. The van der Waals surface area contributed by atoms with Gasteiger partial charge in [0.1, 0.15) is 0 Å². The molecule has 114 valence electrons. The molecule has 3 atom stereocenters. The van der Waals surface area contributed by atoms with Crippen molar-refractivity contribution >= 4 is 5.91 Å². The first-order valence-corrected chi connectivity index (χ1v) is 8.01. The number of hydrogen-bond acceptors (Lipinski definition) is 3. The fourth-order valence-electron chi connectivity index (χ4n) is 3.59. The van der Waals surface area contributed by atoms with Gasteiger partial charge >= 0.3 is 0 Å². The van der Waals surface area contributed by atoms with Gasteiger partial charge in [0.25, 0.3) is 0 Å². The maximum absolute atomic E-state index is 12.7. The molecule has 0 unspecified atom stereocenters. The Morgan fingerprint density at radius 1 is 1.32 bits per heavy atom. The molecule has 2 aromatic heterocycles. The highest BCUT2D eigenvalue weighted by Crippen LogP contribution is 2.48. The number of carbonyl (C=O) groups is 1. The number of likely N-dealkylation sites (tertiary alicyclic amines) is 1. The summed E-state index contributed by atoms with van der Waals surface area (Å²) in [4.78, 5) is 19.0. The highest BCUT2D eigenvalue weighted by molar-refractivity contribution is 5.83. The number of aromatic amines is 1. The summed E-state index contributed by atoms with van der Waals surface area (Å²) in [6, 6.07) is 6.05. The number of nitrogens with one attached hydrogen (secondary N) is 1. The predicted molar refractivity (Wildman–Crippen MR) is 82.2 cm³/mol. The zero-order valence-electron chi connectivity index (χ0n) is 12.5. The number of carbonyl (C=O) groups excluding carboxylic acids is 1. The van der Waals surface area contributed by atoms with E-state index in [9.17, 15) is 4.79 Å². The van der Waals surface area contributed by atoms with Gasteiger partial charge in [0, 0.05) is 49.2 Å². The van der Waals surface area contributed by atoms with Crippen LogP contribution in [0.2, 0.25) is 0 Å². The lowest BCUT2D eigenvalue weighted by Gasteiger charge is -2.32. The summed E-state index contributed by atoms with van der Waals surface area (Å²) >= 11 is 0. The van der Waals surface area contributed by atoms with Gasteiger partial charge in [0.05, 0.1) is 0 Å². The first-order valence-electron chi connectivity index (χ1n) is 8.01. The molecule has 0 aromatic carbocycles. The minimum Gasteiger partial charge on any atom is -0.342 e. The Hall–Kier alpha value is -2.17. The SMILES string of the molecule is O=C([C@@H]1C[C@H]1c1cccnc1)N1CCC[C@H](c2ccn[nH]2)C1. The highest BCUT2D eigenvalue weighted by Gasteiger charge is 2.46. The fourth-order valence-corrected chi connectivity index (χ4v) is 3.59. The Labute approximate surface area is 129 Å². The maximum Gasteiger partial charge on any atom is 0.226 e. The Balaban J connectivity index is 1.41. The van der Waals surface area contributed by atoms with Crippen molar-refractivity contribution < 1.29 is 4.79 Å². The number of rotatable bonds is 3. The third-order valence-corrected chi connectivity index (χ3v) is 4.92. The molecule has 5 nitrogen and oxygen atoms in total. The molecule has 5 heteroatoms. The van der Waals surface area contributed by atoms with E-state index in [1.807, 2.05) is 18.3 Å². The van der Waals surface area contributed by atoms with Crippen LogP contribution < -0.4 is 0 Å². The summed E-state index contributed by atoms with van der Waals surface area (Å²) in [5.74, 6) is 1.24. The van der Waals surface area contributed by atoms with Crippen LogP contribution in [0.3, 0.4) is 0 Å². The smallest absolute Gasteiger partial charge is 0.226 e. The number of pyridine rings is 1. The normalized spacial score (nSPS) is 27.6. The quantitative estimate of drug-likeness (QED) is 0.945. The Kier molecular flexibility index (Phi) is 3.41. The van der Waals surface area contributed by atoms with Crippen LogP contribution in [0.1, 0.15) is 42.4 Å². The van der Waals surface area contributed by atoms with Gasteiger partial charge in [-0.15, -0.1) is 0 Å². The van der Waals surface area contributed by atoms with Gasteiger partial charge in [-0.2, -0.15) is 5.10 Å². The number of H-pyrrole nitrogens is 1. The molecule has 2 aromatic rings. The third kappa shape index (κ3) is 2.51. The van der Waals surface area contributed by atoms with Gasteiger partial charge in [-0.3, -0.25) is 14.9 Å². The molecule has 1 saturated heterocycles. The predicted octanol–water partition coefficient (Wildman–Crippen LogP) is 2.31. The fraction of sp³-hybridized carbons (Fsp3) is 0.471. The van der Waals surface area contributed by atoms with Crippen molar-refractivity contribution in [3.05, 3.63) is 48.0 Å². The molecule has 1 amide bonds. The molecule has 1 aliphatic carbocycles. The molecule has 3 heterocycles. The molecule has 2 fully saturated rings. The number of amides is 1. The molecule has 1 N–H and O–H groups in total. The summed E-state index contributed by atoms with van der Waals surface area (Å²) in [5.41, 5.74) is 2.35. The first-order chi connectivity index (χ1) is 10.8. The van der Waals surface area contributed by atoms with E-state index in [1.54, 1.807) is 12.4 Å². The monoisotopic (exact) mass is 296 g/mol. The molecule has 22 heavy (non-hydrogen) atoms. The Morgan fingerprint density at radius 2 is 2.27 bits per heavy atom. The second-order valence-corrected chi connectivity index (χ2v) is 6.37. The van der Waals surface area contributed by atoms with E-state index in [0.717, 1.165) is 38.0 Å². The lowest BCUT2D eigenvalue weighted by molar-refractivity contribution is -0.133. The van der Waals surface area contributed by atoms with Crippen molar-refractivity contribution in [3.63, 3.8) is 0 Å². The molecule has 4 rings (SSSR count). The topological polar surface area (TPSA) is 61.9 Å². The standard InChI is InChI=1S/C17H20N4O/c22-17(15-9-14(15)12-3-1-6-18-10-12)21-8-2-4-13(11-21)16-5-7-19-20-16/h1,3,5-7,10,13-15H,2,4,8-9,11H2,(H,19,20)/t13-,14-,15+/m0/s1. The second-order valence-electron chi connectivity index (χ2n) is 6.37. The summed E-state index contributed by atoms with van der Waals surface area (Å²) in [7, 11) is 0. The summed E-state index contributed by atoms with van der Waals surface area (Å²) < 4.78 is 0. The average Bonchev–Trinajstić information content (AvgIpc) is 3.19. The number of aromatic nitrogens is 3. The lowest BCUT2D eigenvalue weighted by Crippen LogP contribution is -2.40. The van der Waals surface area contributed by atoms with Crippen LogP contribution in [-0.4, -0.2) is 39.1 Å². The van der Waals surface area contributed by atoms with Crippen molar-refractivity contribution in [2.24, 2.45) is 5.92 Å². The van der Waals surface area contributed by atoms with Crippen LogP contribution >= 0.6 is 0 Å². The van der Waals surface area contributed by atoms with Gasteiger partial charge in [-0.05, 0) is 42.9 Å². The van der Waals surface area contributed by atoms with Gasteiger partial charge in [0.15, 0.2) is 0 Å². The Morgan fingerprint density at radius 3 is 3.05 bits per heavy atom. The second kappa shape index (κ2) is 5.55. The van der Waals surface area contributed by atoms with Gasteiger partial charge < -0.3 is 4.90 Å². The minimum atomic E-state index is 0.157. The first kappa shape index (κ1) is 13.5. The van der Waals surface area contributed by atoms with E-state index in [2.05, 4.69) is 26.1 Å². The lowest BCUT2D eigenvalue weighted by atomic mass is 9.94. The van der Waals surface area contributed by atoms with E-state index in [-0.39, 0.29) is 5.92 Å². The van der Waals surface area contributed by atoms with Crippen molar-refractivity contribution in [1.82, 2.24) is 20.1 Å². The molecular weight excluding hydrogens is 276 g/mol. The van der Waals surface area contributed by atoms with Crippen molar-refractivity contribution in [2.45, 2.75) is 31.1 Å². The van der Waals surface area contributed by atoms with E-state index >= 15 is 0 Å². The van der Waals surface area contributed by atoms with Crippen LogP contribution in [0, 0.1) is 5.92 Å². The zero-order chi connectivity index (χ0) is 14.9. The van der Waals surface area contributed by atoms with Crippen LogP contribution in [0.4, 0.5) is 0 Å². The van der Waals surface area contributed by atoms with Crippen LogP contribution in [-0.2, 0) is 4.79 Å². The largest absolute Gasteiger partial charge is 0.342 e. The number of piperidine rings is 1. The number of hydrogen-bond donors (Lipinski definition) is 1. The van der Waals surface area contributed by atoms with Crippen molar-refractivity contribution in [2.75, 3.05) is 13.1 Å². The van der Waals surface area contributed by atoms with Gasteiger partial charge in [-0.25, -0.2) is 0 Å². The highest BCUT2D eigenvalue weighted by atomic mass is 16.2. The van der Waals surface area contributed by atoms with Crippen molar-refractivity contribution in [1.29, 1.82) is 0 Å². The van der Waals surface area contributed by atoms with E-state index in [4.69, 9.17) is 0 Å². The summed E-state index contributed by atoms with van der Waals surface area (Å²) in [6.45, 7) is 1.71. The molecule has 0 radical (unpaired) electrons. The van der Waals surface area contributed by atoms with E-state index in [0.29, 0.717) is 17.7 Å². The summed E-state index contributed by atoms with van der Waals surface area (Å²) in [6.07, 6.45) is 8.62. The molecule has 2 aliphatic rings. The summed E-state index contributed by atoms with van der Waals surface area (Å²) in [5, 5.41) is 7.08. The van der Waals surface area contributed by atoms with E-state index in [1.165, 1.54) is 5.56 Å². The number of nitrogens with zero attached hydrogens (tertiary/aromatic N) is 3. The van der Waals surface area contributed by atoms with Crippen LogP contribution in [0.25, 0.3) is 0 Å². The van der Waals surface area contributed by atoms with E-state index < -0.39 is 0 Å². The Bertz CT molecular complexity index is 640. The zero-order valence-corrected chi connectivity index (χ0v) is 12.5. The maximum atomic E-state index is 12.7. The third-order valence-electron chi connectivity index (χ3n) is 4.92. The molecule has 0 spiro atoms. The van der Waals surface area contributed by atoms with Crippen molar-refractivity contribution in [3.8, 4) is 0 Å². The molecule has 1 saturated carbocycles. The van der Waals surface area contributed by atoms with Crippen LogP contribution in [0.5, 0.6) is 0 Å². The molecule has 0 bridgehead atoms. The van der Waals surface area contributed by atoms with Gasteiger partial charge in [0.2, 0.25) is 5.91 Å². The van der Waals surface area contributed by atoms with Gasteiger partial charge in [-0.1, -0.05) is 6.07 Å².